The number of fused-ring (bicyclic) bond motifs is 1. The zero-order valence-corrected chi connectivity index (χ0v) is 15.7. The number of carbonyl (C=O) groups excluding carboxylic acids is 3. The van der Waals surface area contributed by atoms with E-state index in [1.54, 1.807) is 4.90 Å². The van der Waals surface area contributed by atoms with Crippen LogP contribution in [-0.4, -0.2) is 35.7 Å². The lowest BCUT2D eigenvalue weighted by molar-refractivity contribution is -0.129. The van der Waals surface area contributed by atoms with Crippen molar-refractivity contribution in [2.24, 2.45) is 0 Å². The second kappa shape index (κ2) is 9.94. The maximum absolute atomic E-state index is 13.0. The molecular weight excluding hydrogens is 330 g/mol. The maximum atomic E-state index is 13.0. The van der Waals surface area contributed by atoms with Crippen molar-refractivity contribution >= 4 is 23.9 Å². The molecule has 1 aliphatic rings. The zero-order chi connectivity index (χ0) is 18.9. The van der Waals surface area contributed by atoms with E-state index >= 15 is 0 Å². The third-order valence-electron chi connectivity index (χ3n) is 4.75. The Bertz CT molecular complexity index is 645. The number of unbranched alkanes of at least 4 members (excludes halogenated alkanes) is 3. The number of hydrogen-bond acceptors (Lipinski definition) is 4. The summed E-state index contributed by atoms with van der Waals surface area (Å²) in [5.41, 5.74) is 2.41. The fourth-order valence-electron chi connectivity index (χ4n) is 3.41. The Labute approximate surface area is 155 Å². The Balaban J connectivity index is 2.13. The van der Waals surface area contributed by atoms with Crippen molar-refractivity contribution < 1.29 is 14.4 Å². The molecule has 0 aromatic heterocycles. The molecule has 0 radical (unpaired) electrons. The van der Waals surface area contributed by atoms with Crippen LogP contribution in [0.3, 0.4) is 0 Å². The van der Waals surface area contributed by atoms with E-state index in [2.05, 4.69) is 17.6 Å². The summed E-state index contributed by atoms with van der Waals surface area (Å²) in [7, 11) is 0. The van der Waals surface area contributed by atoms with E-state index in [1.807, 2.05) is 25.1 Å². The minimum absolute atomic E-state index is 0.142. The van der Waals surface area contributed by atoms with E-state index in [9.17, 15) is 14.4 Å². The molecule has 0 aliphatic carbocycles. The summed E-state index contributed by atoms with van der Waals surface area (Å²) in [6, 6.07) is 5.16. The number of carbonyl (C=O) groups is 3. The highest BCUT2D eigenvalue weighted by molar-refractivity contribution is 6.06. The lowest BCUT2D eigenvalue weighted by atomic mass is 10.1. The molecule has 1 heterocycles. The first kappa shape index (κ1) is 19.9. The van der Waals surface area contributed by atoms with E-state index in [4.69, 9.17) is 0 Å². The van der Waals surface area contributed by atoms with Gasteiger partial charge in [0.2, 0.25) is 12.3 Å². The van der Waals surface area contributed by atoms with Crippen molar-refractivity contribution in [3.63, 3.8) is 0 Å². The van der Waals surface area contributed by atoms with Gasteiger partial charge in [-0.3, -0.25) is 19.7 Å². The van der Waals surface area contributed by atoms with Crippen molar-refractivity contribution in [3.8, 4) is 0 Å². The topological polar surface area (TPSA) is 78.5 Å². The number of anilines is 1. The summed E-state index contributed by atoms with van der Waals surface area (Å²) in [5.74, 6) is -0.562. The standard InChI is InChI=1S/C20H29N3O3/c1-3-5-6-7-12-21-16-11-8-10-15-13-23(20(26)18(15)16)17(9-4-2)19(25)22-14-24/h8,10-11,14,17,21H,3-7,9,12-13H2,1-2H3,(H,22,24,25). The number of hydrogen-bond donors (Lipinski definition) is 2. The molecule has 1 unspecified atom stereocenters. The Morgan fingerprint density at radius 2 is 2.04 bits per heavy atom. The summed E-state index contributed by atoms with van der Waals surface area (Å²) < 4.78 is 0. The molecule has 0 fully saturated rings. The quantitative estimate of drug-likeness (QED) is 0.470. The van der Waals surface area contributed by atoms with E-state index in [0.717, 1.165) is 30.6 Å². The molecule has 2 rings (SSSR count). The van der Waals surface area contributed by atoms with E-state index in [-0.39, 0.29) is 5.91 Å². The van der Waals surface area contributed by atoms with Crippen molar-refractivity contribution in [3.05, 3.63) is 29.3 Å². The molecule has 1 aliphatic heterocycles. The normalized spacial score (nSPS) is 14.1. The van der Waals surface area contributed by atoms with Gasteiger partial charge in [-0.25, -0.2) is 0 Å². The molecule has 0 saturated carbocycles. The summed E-state index contributed by atoms with van der Waals surface area (Å²) in [6.45, 7) is 5.36. The van der Waals surface area contributed by atoms with Crippen LogP contribution in [0.5, 0.6) is 0 Å². The van der Waals surface area contributed by atoms with Gasteiger partial charge in [0.25, 0.3) is 5.91 Å². The number of benzene rings is 1. The highest BCUT2D eigenvalue weighted by Gasteiger charge is 2.37. The van der Waals surface area contributed by atoms with Crippen LogP contribution in [0.15, 0.2) is 18.2 Å². The van der Waals surface area contributed by atoms with E-state index in [1.165, 1.54) is 19.3 Å². The Kier molecular flexibility index (Phi) is 7.63. The monoisotopic (exact) mass is 359 g/mol. The average molecular weight is 359 g/mol. The van der Waals surface area contributed by atoms with Crippen LogP contribution in [0.1, 0.15) is 68.3 Å². The zero-order valence-electron chi connectivity index (χ0n) is 15.7. The lowest BCUT2D eigenvalue weighted by Crippen LogP contribution is -2.46. The third-order valence-corrected chi connectivity index (χ3v) is 4.75. The van der Waals surface area contributed by atoms with Crippen LogP contribution >= 0.6 is 0 Å². The van der Waals surface area contributed by atoms with Crippen molar-refractivity contribution in [2.45, 2.75) is 65.0 Å². The number of amides is 3. The van der Waals surface area contributed by atoms with Gasteiger partial charge in [-0.2, -0.15) is 0 Å². The van der Waals surface area contributed by atoms with Gasteiger partial charge in [-0.05, 0) is 24.5 Å². The van der Waals surface area contributed by atoms with Crippen molar-refractivity contribution in [1.29, 1.82) is 0 Å². The molecule has 1 atom stereocenters. The van der Waals surface area contributed by atoms with Gasteiger partial charge in [-0.15, -0.1) is 0 Å². The predicted molar refractivity (Wildman–Crippen MR) is 102 cm³/mol. The summed E-state index contributed by atoms with van der Waals surface area (Å²) in [5, 5.41) is 5.57. The largest absolute Gasteiger partial charge is 0.384 e. The van der Waals surface area contributed by atoms with Crippen LogP contribution < -0.4 is 10.6 Å². The Morgan fingerprint density at radius 3 is 2.73 bits per heavy atom. The molecule has 1 aromatic carbocycles. The number of nitrogens with zero attached hydrogens (tertiary/aromatic N) is 1. The molecular formula is C20H29N3O3. The Hall–Kier alpha value is -2.37. The maximum Gasteiger partial charge on any atom is 0.257 e. The third kappa shape index (κ3) is 4.62. The first-order valence-electron chi connectivity index (χ1n) is 9.54. The van der Waals surface area contributed by atoms with Gasteiger partial charge in [0, 0.05) is 18.8 Å². The number of nitrogens with one attached hydrogen (secondary N) is 2. The van der Waals surface area contributed by atoms with E-state index in [0.29, 0.717) is 24.9 Å². The fourth-order valence-corrected chi connectivity index (χ4v) is 3.41. The second-order valence-electron chi connectivity index (χ2n) is 6.69. The van der Waals surface area contributed by atoms with Gasteiger partial charge in [0.1, 0.15) is 6.04 Å². The van der Waals surface area contributed by atoms with Gasteiger partial charge in [0.05, 0.1) is 5.56 Å². The van der Waals surface area contributed by atoms with Gasteiger partial charge in [0.15, 0.2) is 0 Å². The number of rotatable bonds is 11. The number of imide groups is 1. The molecule has 26 heavy (non-hydrogen) atoms. The first-order valence-corrected chi connectivity index (χ1v) is 9.54. The van der Waals surface area contributed by atoms with Crippen LogP contribution in [-0.2, 0) is 16.1 Å². The minimum Gasteiger partial charge on any atom is -0.384 e. The summed E-state index contributed by atoms with van der Waals surface area (Å²) in [6.07, 6.45) is 6.29. The first-order chi connectivity index (χ1) is 12.6. The smallest absolute Gasteiger partial charge is 0.257 e. The molecule has 2 N–H and O–H groups in total. The van der Waals surface area contributed by atoms with Crippen LogP contribution in [0.25, 0.3) is 0 Å². The molecule has 6 nitrogen and oxygen atoms in total. The molecule has 6 heteroatoms. The summed E-state index contributed by atoms with van der Waals surface area (Å²) in [4.78, 5) is 37.4. The van der Waals surface area contributed by atoms with Crippen LogP contribution in [0, 0.1) is 0 Å². The highest BCUT2D eigenvalue weighted by Crippen LogP contribution is 2.31. The lowest BCUT2D eigenvalue weighted by Gasteiger charge is -2.25. The van der Waals surface area contributed by atoms with Crippen LogP contribution in [0.2, 0.25) is 0 Å². The molecule has 3 amide bonds. The fraction of sp³-hybridized carbons (Fsp3) is 0.550. The average Bonchev–Trinajstić information content (AvgIpc) is 2.97. The SMILES string of the molecule is CCCCCCNc1cccc2c1C(=O)N(C(CCC)C(=O)NC=O)C2. The van der Waals surface area contributed by atoms with Crippen molar-refractivity contribution in [2.75, 3.05) is 11.9 Å². The predicted octanol–water partition coefficient (Wildman–Crippen LogP) is 3.08. The molecule has 0 saturated heterocycles. The molecule has 0 spiro atoms. The Morgan fingerprint density at radius 1 is 1.23 bits per heavy atom. The molecule has 142 valence electrons. The highest BCUT2D eigenvalue weighted by atomic mass is 16.2. The minimum atomic E-state index is -0.623. The van der Waals surface area contributed by atoms with Crippen molar-refractivity contribution in [1.82, 2.24) is 10.2 Å². The van der Waals surface area contributed by atoms with Gasteiger partial charge in [-0.1, -0.05) is 51.7 Å². The summed E-state index contributed by atoms with van der Waals surface area (Å²) >= 11 is 0. The molecule has 0 bridgehead atoms. The van der Waals surface area contributed by atoms with Gasteiger partial charge < -0.3 is 10.2 Å². The van der Waals surface area contributed by atoms with Gasteiger partial charge >= 0.3 is 0 Å². The second-order valence-corrected chi connectivity index (χ2v) is 6.69. The van der Waals surface area contributed by atoms with E-state index < -0.39 is 11.9 Å². The molecule has 1 aromatic rings. The van der Waals surface area contributed by atoms with Crippen LogP contribution in [0.4, 0.5) is 5.69 Å².